The zero-order chi connectivity index (χ0) is 14.8. The third kappa shape index (κ3) is 1.59. The van der Waals surface area contributed by atoms with Crippen molar-refractivity contribution in [3.63, 3.8) is 0 Å². The molecule has 2 heteroatoms. The molecular weight excluding hydrogens is 260 g/mol. The lowest BCUT2D eigenvalue weighted by molar-refractivity contribution is -0.0109. The monoisotopic (exact) mass is 286 g/mol. The SMILES string of the molecule is C[C@]12C(=CC[C@@H]3[C@@H]1CC[C@]1(C)C=CC[C@@H]31)CCC(O)=C2O. The Bertz CT molecular complexity index is 570. The van der Waals surface area contributed by atoms with Crippen molar-refractivity contribution in [1.29, 1.82) is 0 Å². The first-order valence-electron chi connectivity index (χ1n) is 8.45. The normalized spacial score (nSPS) is 48.5. The Morgan fingerprint density at radius 2 is 1.90 bits per heavy atom. The molecule has 21 heavy (non-hydrogen) atoms. The van der Waals surface area contributed by atoms with Crippen LogP contribution in [-0.2, 0) is 0 Å². The van der Waals surface area contributed by atoms with Crippen LogP contribution in [0.2, 0.25) is 0 Å². The number of rotatable bonds is 0. The van der Waals surface area contributed by atoms with Crippen LogP contribution in [0.5, 0.6) is 0 Å². The van der Waals surface area contributed by atoms with E-state index in [4.69, 9.17) is 0 Å². The zero-order valence-corrected chi connectivity index (χ0v) is 13.1. The van der Waals surface area contributed by atoms with Crippen LogP contribution in [0.3, 0.4) is 0 Å². The van der Waals surface area contributed by atoms with E-state index in [0.717, 1.165) is 19.3 Å². The van der Waals surface area contributed by atoms with Crippen molar-refractivity contribution in [2.45, 2.75) is 52.4 Å². The van der Waals surface area contributed by atoms with Gasteiger partial charge in [-0.2, -0.15) is 0 Å². The van der Waals surface area contributed by atoms with Crippen molar-refractivity contribution in [2.75, 3.05) is 0 Å². The minimum Gasteiger partial charge on any atom is -0.509 e. The lowest BCUT2D eigenvalue weighted by Crippen LogP contribution is -2.49. The molecule has 2 nitrogen and oxygen atoms in total. The van der Waals surface area contributed by atoms with Gasteiger partial charge in [0.25, 0.3) is 0 Å². The van der Waals surface area contributed by atoms with Crippen molar-refractivity contribution in [1.82, 2.24) is 0 Å². The summed E-state index contributed by atoms with van der Waals surface area (Å²) in [4.78, 5) is 0. The number of hydrogen-bond donors (Lipinski definition) is 2. The van der Waals surface area contributed by atoms with E-state index in [2.05, 4.69) is 32.1 Å². The highest BCUT2D eigenvalue weighted by atomic mass is 16.3. The van der Waals surface area contributed by atoms with E-state index in [1.54, 1.807) is 0 Å². The summed E-state index contributed by atoms with van der Waals surface area (Å²) in [6, 6.07) is 0. The standard InChI is InChI=1S/C19H26O2/c1-18-10-3-4-14(18)13-7-5-12-6-8-16(20)17(21)19(12,2)15(13)9-11-18/h3,5,10,13-15,20-21H,4,6-9,11H2,1-2H3/t13-,14-,15-,18-,19-/m0/s1. The van der Waals surface area contributed by atoms with E-state index in [1.165, 1.54) is 18.4 Å². The minimum absolute atomic E-state index is 0.230. The molecule has 1 saturated carbocycles. The molecule has 0 heterocycles. The number of aliphatic hydroxyl groups excluding tert-OH is 2. The van der Waals surface area contributed by atoms with Crippen molar-refractivity contribution < 1.29 is 10.2 Å². The maximum Gasteiger partial charge on any atom is 0.140 e. The van der Waals surface area contributed by atoms with Gasteiger partial charge in [-0.3, -0.25) is 0 Å². The number of aliphatic hydroxyl groups is 2. The first-order valence-corrected chi connectivity index (χ1v) is 8.45. The molecule has 114 valence electrons. The molecule has 0 aromatic rings. The van der Waals surface area contributed by atoms with Crippen LogP contribution in [0.4, 0.5) is 0 Å². The van der Waals surface area contributed by atoms with Crippen molar-refractivity contribution >= 4 is 0 Å². The summed E-state index contributed by atoms with van der Waals surface area (Å²) in [6.45, 7) is 4.58. The van der Waals surface area contributed by atoms with Crippen molar-refractivity contribution in [3.05, 3.63) is 35.3 Å². The molecule has 1 fully saturated rings. The molecule has 0 spiro atoms. The van der Waals surface area contributed by atoms with Crippen LogP contribution in [0.1, 0.15) is 52.4 Å². The van der Waals surface area contributed by atoms with Crippen LogP contribution in [0.25, 0.3) is 0 Å². The summed E-state index contributed by atoms with van der Waals surface area (Å²) in [5.41, 5.74) is 1.42. The zero-order valence-electron chi connectivity index (χ0n) is 13.1. The molecule has 0 amide bonds. The van der Waals surface area contributed by atoms with Gasteiger partial charge in [0.2, 0.25) is 0 Å². The van der Waals surface area contributed by atoms with Crippen molar-refractivity contribution in [3.8, 4) is 0 Å². The highest BCUT2D eigenvalue weighted by Gasteiger charge is 2.56. The van der Waals surface area contributed by atoms with Crippen molar-refractivity contribution in [2.24, 2.45) is 28.6 Å². The number of fused-ring (bicyclic) bond motifs is 5. The first-order chi connectivity index (χ1) is 9.97. The fourth-order valence-electron chi connectivity index (χ4n) is 5.90. The summed E-state index contributed by atoms with van der Waals surface area (Å²) < 4.78 is 0. The van der Waals surface area contributed by atoms with E-state index in [-0.39, 0.29) is 16.9 Å². The van der Waals surface area contributed by atoms with Gasteiger partial charge in [-0.25, -0.2) is 0 Å². The Hall–Kier alpha value is -1.18. The van der Waals surface area contributed by atoms with Gasteiger partial charge in [0.1, 0.15) is 11.5 Å². The van der Waals surface area contributed by atoms with Gasteiger partial charge in [-0.05, 0) is 62.2 Å². The lowest BCUT2D eigenvalue weighted by atomic mass is 9.49. The molecule has 2 N–H and O–H groups in total. The van der Waals surface area contributed by atoms with Gasteiger partial charge >= 0.3 is 0 Å². The van der Waals surface area contributed by atoms with Crippen LogP contribution >= 0.6 is 0 Å². The van der Waals surface area contributed by atoms with Gasteiger partial charge in [0.05, 0.1) is 5.41 Å². The molecule has 0 radical (unpaired) electrons. The summed E-state index contributed by atoms with van der Waals surface area (Å²) in [6.07, 6.45) is 13.4. The number of allylic oxidation sites excluding steroid dienone is 5. The predicted molar refractivity (Wildman–Crippen MR) is 83.9 cm³/mol. The van der Waals surface area contributed by atoms with Gasteiger partial charge < -0.3 is 10.2 Å². The molecule has 4 rings (SSSR count). The predicted octanol–water partition coefficient (Wildman–Crippen LogP) is 5.05. The minimum atomic E-state index is -0.310. The van der Waals surface area contributed by atoms with Crippen LogP contribution in [0, 0.1) is 28.6 Å². The van der Waals surface area contributed by atoms with E-state index in [0.29, 0.717) is 29.6 Å². The second-order valence-electron chi connectivity index (χ2n) is 8.02. The van der Waals surface area contributed by atoms with E-state index in [1.807, 2.05) is 0 Å². The highest BCUT2D eigenvalue weighted by molar-refractivity contribution is 5.36. The molecule has 0 bridgehead atoms. The molecule has 4 aliphatic carbocycles. The summed E-state index contributed by atoms with van der Waals surface area (Å²) in [7, 11) is 0. The molecule has 0 aromatic carbocycles. The molecule has 0 unspecified atom stereocenters. The maximum absolute atomic E-state index is 10.6. The Morgan fingerprint density at radius 3 is 2.71 bits per heavy atom. The highest BCUT2D eigenvalue weighted by Crippen LogP contribution is 2.63. The van der Waals surface area contributed by atoms with Gasteiger partial charge in [-0.1, -0.05) is 30.7 Å². The average molecular weight is 286 g/mol. The average Bonchev–Trinajstić information content (AvgIpc) is 2.86. The molecular formula is C19H26O2. The number of hydrogen-bond acceptors (Lipinski definition) is 2. The quantitative estimate of drug-likeness (QED) is 0.611. The Morgan fingerprint density at radius 1 is 1.10 bits per heavy atom. The fraction of sp³-hybridized carbons (Fsp3) is 0.684. The Kier molecular flexibility index (Phi) is 2.68. The third-order valence-corrected chi connectivity index (χ3v) is 7.20. The summed E-state index contributed by atoms with van der Waals surface area (Å²) >= 11 is 0. The Labute approximate surface area is 127 Å². The fourth-order valence-corrected chi connectivity index (χ4v) is 5.90. The van der Waals surface area contributed by atoms with Gasteiger partial charge in [0, 0.05) is 6.42 Å². The third-order valence-electron chi connectivity index (χ3n) is 7.20. The molecule has 4 aliphatic rings. The van der Waals surface area contributed by atoms with Gasteiger partial charge in [-0.15, -0.1) is 0 Å². The second kappa shape index (κ2) is 4.18. The van der Waals surface area contributed by atoms with Gasteiger partial charge in [0.15, 0.2) is 0 Å². The topological polar surface area (TPSA) is 40.5 Å². The first kappa shape index (κ1) is 13.5. The maximum atomic E-state index is 10.6. The van der Waals surface area contributed by atoms with E-state index < -0.39 is 0 Å². The largest absolute Gasteiger partial charge is 0.509 e. The lowest BCUT2D eigenvalue weighted by Gasteiger charge is -2.55. The molecule has 5 atom stereocenters. The Balaban J connectivity index is 1.78. The molecule has 0 aromatic heterocycles. The second-order valence-corrected chi connectivity index (χ2v) is 8.02. The van der Waals surface area contributed by atoms with E-state index in [9.17, 15) is 10.2 Å². The van der Waals surface area contributed by atoms with Crippen LogP contribution in [0.15, 0.2) is 35.3 Å². The smallest absolute Gasteiger partial charge is 0.140 e. The molecule has 0 aliphatic heterocycles. The van der Waals surface area contributed by atoms with E-state index >= 15 is 0 Å². The summed E-state index contributed by atoms with van der Waals surface area (Å²) in [5.74, 6) is 2.33. The van der Waals surface area contributed by atoms with Crippen LogP contribution in [-0.4, -0.2) is 10.2 Å². The summed E-state index contributed by atoms with van der Waals surface area (Å²) in [5, 5.41) is 20.7. The van der Waals surface area contributed by atoms with Crippen LogP contribution < -0.4 is 0 Å². The molecule has 0 saturated heterocycles.